The Morgan fingerprint density at radius 2 is 1.72 bits per heavy atom. The predicted molar refractivity (Wildman–Crippen MR) is 74.2 cm³/mol. The highest BCUT2D eigenvalue weighted by Gasteiger charge is 2.35. The molecule has 0 heterocycles. The third-order valence-electron chi connectivity index (χ3n) is 3.66. The Morgan fingerprint density at radius 3 is 2.33 bits per heavy atom. The normalized spacial score (nSPS) is 18.9. The molecule has 1 aromatic carbocycles. The zero-order valence-corrected chi connectivity index (χ0v) is 11.7. The van der Waals surface area contributed by atoms with E-state index in [4.69, 9.17) is 4.18 Å². The minimum Gasteiger partial charge on any atom is -0.386 e. The second-order valence-electron chi connectivity index (χ2n) is 5.24. The summed E-state index contributed by atoms with van der Waals surface area (Å²) in [5, 5.41) is 0. The minimum atomic E-state index is -0.279. The molecule has 1 fully saturated rings. The number of hydrogen-bond donors (Lipinski definition) is 0. The molecule has 0 atom stereocenters. The van der Waals surface area contributed by atoms with Crippen LogP contribution in [0, 0.1) is 5.41 Å². The van der Waals surface area contributed by atoms with Crippen LogP contribution in [-0.2, 0) is 8.98 Å². The number of hydrogen-bond acceptors (Lipinski definition) is 3. The number of benzene rings is 1. The van der Waals surface area contributed by atoms with Crippen molar-refractivity contribution in [2.45, 2.75) is 50.3 Å². The molecule has 3 heteroatoms. The molecule has 0 aliphatic heterocycles. The van der Waals surface area contributed by atoms with Crippen molar-refractivity contribution < 1.29 is 8.98 Å². The van der Waals surface area contributed by atoms with Gasteiger partial charge in [0, 0.05) is 4.90 Å². The van der Waals surface area contributed by atoms with Gasteiger partial charge in [-0.3, -0.25) is 4.79 Å². The Bertz CT molecular complexity index is 381. The van der Waals surface area contributed by atoms with E-state index in [0.717, 1.165) is 30.6 Å². The van der Waals surface area contributed by atoms with Gasteiger partial charge in [-0.25, -0.2) is 0 Å². The van der Waals surface area contributed by atoms with Crippen LogP contribution in [0.25, 0.3) is 0 Å². The van der Waals surface area contributed by atoms with E-state index in [-0.39, 0.29) is 11.4 Å². The first-order valence-electron chi connectivity index (χ1n) is 6.65. The first kappa shape index (κ1) is 13.5. The number of rotatable bonds is 3. The van der Waals surface area contributed by atoms with Gasteiger partial charge in [0.1, 0.15) is 0 Å². The summed E-state index contributed by atoms with van der Waals surface area (Å²) in [6.45, 7) is 2.05. The predicted octanol–water partition coefficient (Wildman–Crippen LogP) is 4.60. The van der Waals surface area contributed by atoms with Crippen LogP contribution in [0.5, 0.6) is 0 Å². The lowest BCUT2D eigenvalue weighted by Crippen LogP contribution is -2.27. The molecule has 0 spiro atoms. The zero-order valence-electron chi connectivity index (χ0n) is 10.9. The Morgan fingerprint density at radius 1 is 1.11 bits per heavy atom. The topological polar surface area (TPSA) is 26.3 Å². The quantitative estimate of drug-likeness (QED) is 0.589. The van der Waals surface area contributed by atoms with E-state index in [2.05, 4.69) is 0 Å². The molecule has 0 saturated heterocycles. The van der Waals surface area contributed by atoms with Crippen molar-refractivity contribution in [1.82, 2.24) is 0 Å². The summed E-state index contributed by atoms with van der Waals surface area (Å²) in [6.07, 6.45) is 6.69. The first-order valence-corrected chi connectivity index (χ1v) is 7.39. The molecule has 1 aromatic rings. The van der Waals surface area contributed by atoms with E-state index in [1.54, 1.807) is 0 Å². The van der Waals surface area contributed by atoms with Crippen molar-refractivity contribution in [2.24, 2.45) is 5.41 Å². The highest BCUT2D eigenvalue weighted by molar-refractivity contribution is 7.95. The van der Waals surface area contributed by atoms with Crippen LogP contribution in [0.1, 0.15) is 45.4 Å². The van der Waals surface area contributed by atoms with Gasteiger partial charge in [0.25, 0.3) is 0 Å². The fourth-order valence-electron chi connectivity index (χ4n) is 2.38. The second kappa shape index (κ2) is 6.28. The minimum absolute atomic E-state index is 0.0572. The summed E-state index contributed by atoms with van der Waals surface area (Å²) in [5.41, 5.74) is -0.279. The van der Waals surface area contributed by atoms with E-state index in [1.165, 1.54) is 24.9 Å². The van der Waals surface area contributed by atoms with Gasteiger partial charge >= 0.3 is 5.97 Å². The zero-order chi connectivity index (χ0) is 12.8. The molecule has 0 aromatic heterocycles. The highest BCUT2D eigenvalue weighted by atomic mass is 32.2. The molecule has 1 aliphatic rings. The van der Waals surface area contributed by atoms with Crippen LogP contribution in [0.4, 0.5) is 0 Å². The van der Waals surface area contributed by atoms with Crippen molar-refractivity contribution in [1.29, 1.82) is 0 Å². The van der Waals surface area contributed by atoms with Gasteiger partial charge in [-0.2, -0.15) is 0 Å². The van der Waals surface area contributed by atoms with E-state index in [1.807, 2.05) is 37.3 Å². The van der Waals surface area contributed by atoms with Crippen molar-refractivity contribution in [3.8, 4) is 0 Å². The molecule has 0 amide bonds. The second-order valence-corrected chi connectivity index (χ2v) is 6.05. The number of carbonyl (C=O) groups excluding carboxylic acids is 1. The largest absolute Gasteiger partial charge is 0.386 e. The maximum Gasteiger partial charge on any atom is 0.324 e. The van der Waals surface area contributed by atoms with E-state index in [9.17, 15) is 4.79 Å². The molecule has 0 N–H and O–H groups in total. The van der Waals surface area contributed by atoms with Crippen LogP contribution in [-0.4, -0.2) is 5.97 Å². The van der Waals surface area contributed by atoms with Crippen molar-refractivity contribution in [3.63, 3.8) is 0 Å². The molecule has 1 aliphatic carbocycles. The molecular weight excluding hydrogens is 244 g/mol. The van der Waals surface area contributed by atoms with E-state index < -0.39 is 0 Å². The first-order chi connectivity index (χ1) is 8.71. The monoisotopic (exact) mass is 264 g/mol. The maximum atomic E-state index is 12.2. The van der Waals surface area contributed by atoms with Gasteiger partial charge in [0.05, 0.1) is 17.5 Å². The standard InChI is InChI=1S/C15H20O2S/c1-15(11-7-2-3-8-12-15)14(16)17-18-13-9-5-4-6-10-13/h4-6,9-10H,2-3,7-8,11-12H2,1H3. The van der Waals surface area contributed by atoms with Crippen LogP contribution in [0.3, 0.4) is 0 Å². The average Bonchev–Trinajstić information content (AvgIpc) is 2.63. The molecule has 18 heavy (non-hydrogen) atoms. The third kappa shape index (κ3) is 3.52. The van der Waals surface area contributed by atoms with Gasteiger partial charge < -0.3 is 4.18 Å². The van der Waals surface area contributed by atoms with Crippen molar-refractivity contribution >= 4 is 18.0 Å². The summed E-state index contributed by atoms with van der Waals surface area (Å²) < 4.78 is 5.40. The molecule has 2 rings (SSSR count). The summed E-state index contributed by atoms with van der Waals surface area (Å²) in [4.78, 5) is 13.2. The Kier molecular flexibility index (Phi) is 4.70. The molecule has 1 saturated carbocycles. The lowest BCUT2D eigenvalue weighted by atomic mass is 9.83. The van der Waals surface area contributed by atoms with Crippen LogP contribution in [0.2, 0.25) is 0 Å². The summed E-state index contributed by atoms with van der Waals surface area (Å²) >= 11 is 1.18. The molecule has 0 unspecified atom stereocenters. The SMILES string of the molecule is CC1(C(=O)OSc2ccccc2)CCCCCC1. The summed E-state index contributed by atoms with van der Waals surface area (Å²) in [6, 6.07) is 9.76. The molecule has 2 nitrogen and oxygen atoms in total. The van der Waals surface area contributed by atoms with Gasteiger partial charge in [0.2, 0.25) is 0 Å². The molecule has 0 radical (unpaired) electrons. The summed E-state index contributed by atoms with van der Waals surface area (Å²) in [7, 11) is 0. The van der Waals surface area contributed by atoms with Crippen LogP contribution >= 0.6 is 12.0 Å². The summed E-state index contributed by atoms with van der Waals surface area (Å²) in [5.74, 6) is -0.0572. The van der Waals surface area contributed by atoms with Gasteiger partial charge in [-0.15, -0.1) is 0 Å². The number of carbonyl (C=O) groups is 1. The maximum absolute atomic E-state index is 12.2. The van der Waals surface area contributed by atoms with Crippen molar-refractivity contribution in [3.05, 3.63) is 30.3 Å². The van der Waals surface area contributed by atoms with E-state index >= 15 is 0 Å². The molecule has 98 valence electrons. The van der Waals surface area contributed by atoms with Crippen molar-refractivity contribution in [2.75, 3.05) is 0 Å². The Hall–Kier alpha value is -0.960. The molecule has 0 bridgehead atoms. The Labute approximate surface area is 113 Å². The highest BCUT2D eigenvalue weighted by Crippen LogP contribution is 2.37. The molecular formula is C15H20O2S. The smallest absolute Gasteiger partial charge is 0.324 e. The van der Waals surface area contributed by atoms with E-state index in [0.29, 0.717) is 0 Å². The fourth-order valence-corrected chi connectivity index (χ4v) is 3.02. The van der Waals surface area contributed by atoms with Crippen LogP contribution in [0.15, 0.2) is 35.2 Å². The van der Waals surface area contributed by atoms with Crippen LogP contribution < -0.4 is 0 Å². The van der Waals surface area contributed by atoms with Gasteiger partial charge in [-0.05, 0) is 31.9 Å². The third-order valence-corrected chi connectivity index (χ3v) is 4.36. The van der Waals surface area contributed by atoms with Gasteiger partial charge in [-0.1, -0.05) is 43.9 Å². The fraction of sp³-hybridized carbons (Fsp3) is 0.533. The lowest BCUT2D eigenvalue weighted by Gasteiger charge is -2.24. The lowest BCUT2D eigenvalue weighted by molar-refractivity contribution is -0.144. The Balaban J connectivity index is 1.90. The average molecular weight is 264 g/mol. The van der Waals surface area contributed by atoms with Gasteiger partial charge in [0.15, 0.2) is 0 Å².